The molecule has 112 valence electrons. The molecule has 0 aliphatic heterocycles. The molecule has 2 atom stereocenters. The first-order valence-corrected chi connectivity index (χ1v) is 8.63. The molecule has 0 aromatic heterocycles. The molecule has 1 N–H and O–H groups in total. The molecular formula is C19H31N. The van der Waals surface area contributed by atoms with Crippen LogP contribution in [0.5, 0.6) is 0 Å². The Balaban J connectivity index is 1.82. The zero-order valence-corrected chi connectivity index (χ0v) is 13.3. The Hall–Kier alpha value is -0.820. The third-order valence-electron chi connectivity index (χ3n) is 4.87. The van der Waals surface area contributed by atoms with Gasteiger partial charge in [-0.25, -0.2) is 0 Å². The molecule has 20 heavy (non-hydrogen) atoms. The van der Waals surface area contributed by atoms with Crippen molar-refractivity contribution in [2.75, 3.05) is 0 Å². The molecule has 1 aliphatic rings. The SMILES string of the molecule is CCCC1CCCC(NCc2ccccc2CC)CC1. The fourth-order valence-corrected chi connectivity index (χ4v) is 3.61. The van der Waals surface area contributed by atoms with Crippen LogP contribution in [0.3, 0.4) is 0 Å². The van der Waals surface area contributed by atoms with Crippen LogP contribution in [0.25, 0.3) is 0 Å². The molecule has 0 heterocycles. The normalized spacial score (nSPS) is 23.5. The van der Waals surface area contributed by atoms with Crippen molar-refractivity contribution < 1.29 is 0 Å². The van der Waals surface area contributed by atoms with Crippen LogP contribution in [0, 0.1) is 5.92 Å². The van der Waals surface area contributed by atoms with E-state index in [0.717, 1.165) is 24.9 Å². The van der Waals surface area contributed by atoms with E-state index in [1.54, 1.807) is 0 Å². The minimum absolute atomic E-state index is 0.738. The van der Waals surface area contributed by atoms with Crippen LogP contribution in [0.4, 0.5) is 0 Å². The van der Waals surface area contributed by atoms with Gasteiger partial charge in [-0.15, -0.1) is 0 Å². The highest BCUT2D eigenvalue weighted by Gasteiger charge is 2.18. The summed E-state index contributed by atoms with van der Waals surface area (Å²) in [7, 11) is 0. The van der Waals surface area contributed by atoms with Crippen molar-refractivity contribution in [3.63, 3.8) is 0 Å². The van der Waals surface area contributed by atoms with Crippen molar-refractivity contribution in [1.29, 1.82) is 0 Å². The van der Waals surface area contributed by atoms with Gasteiger partial charge in [0.05, 0.1) is 0 Å². The predicted molar refractivity (Wildman–Crippen MR) is 87.9 cm³/mol. The van der Waals surface area contributed by atoms with E-state index in [1.807, 2.05) is 0 Å². The van der Waals surface area contributed by atoms with Crippen molar-refractivity contribution in [2.45, 2.75) is 77.8 Å². The van der Waals surface area contributed by atoms with Crippen molar-refractivity contribution >= 4 is 0 Å². The minimum atomic E-state index is 0.738. The van der Waals surface area contributed by atoms with Crippen molar-refractivity contribution in [3.05, 3.63) is 35.4 Å². The molecule has 1 fully saturated rings. The maximum Gasteiger partial charge on any atom is 0.0210 e. The van der Waals surface area contributed by atoms with Gasteiger partial charge in [0.1, 0.15) is 0 Å². The van der Waals surface area contributed by atoms with Gasteiger partial charge in [0.2, 0.25) is 0 Å². The third-order valence-corrected chi connectivity index (χ3v) is 4.87. The van der Waals surface area contributed by atoms with Gasteiger partial charge in [-0.2, -0.15) is 0 Å². The highest BCUT2D eigenvalue weighted by molar-refractivity contribution is 5.26. The van der Waals surface area contributed by atoms with E-state index in [9.17, 15) is 0 Å². The second-order valence-electron chi connectivity index (χ2n) is 6.36. The predicted octanol–water partition coefficient (Wildman–Crippen LogP) is 5.09. The lowest BCUT2D eigenvalue weighted by Gasteiger charge is -2.18. The van der Waals surface area contributed by atoms with Crippen LogP contribution in [-0.4, -0.2) is 6.04 Å². The van der Waals surface area contributed by atoms with Crippen molar-refractivity contribution in [1.82, 2.24) is 5.32 Å². The highest BCUT2D eigenvalue weighted by atomic mass is 14.9. The minimum Gasteiger partial charge on any atom is -0.310 e. The Morgan fingerprint density at radius 3 is 2.55 bits per heavy atom. The lowest BCUT2D eigenvalue weighted by atomic mass is 9.95. The standard InChI is InChI=1S/C19H31N/c1-3-8-16-9-7-12-19(14-13-16)20-15-18-11-6-5-10-17(18)4-2/h5-6,10-11,16,19-20H,3-4,7-9,12-15H2,1-2H3. The number of hydrogen-bond acceptors (Lipinski definition) is 1. The maximum atomic E-state index is 3.82. The number of hydrogen-bond donors (Lipinski definition) is 1. The summed E-state index contributed by atoms with van der Waals surface area (Å²) >= 11 is 0. The number of benzene rings is 1. The average molecular weight is 273 g/mol. The number of rotatable bonds is 6. The molecule has 1 heteroatoms. The van der Waals surface area contributed by atoms with Crippen molar-refractivity contribution in [2.24, 2.45) is 5.92 Å². The summed E-state index contributed by atoms with van der Waals surface area (Å²) < 4.78 is 0. The molecule has 2 rings (SSSR count). The van der Waals surface area contributed by atoms with E-state index >= 15 is 0 Å². The van der Waals surface area contributed by atoms with Gasteiger partial charge in [-0.3, -0.25) is 0 Å². The number of nitrogens with one attached hydrogen (secondary N) is 1. The molecule has 1 aromatic rings. The monoisotopic (exact) mass is 273 g/mol. The van der Waals surface area contributed by atoms with Crippen LogP contribution in [0.1, 0.15) is 69.9 Å². The van der Waals surface area contributed by atoms with Gasteiger partial charge in [0.25, 0.3) is 0 Å². The second kappa shape index (κ2) is 8.46. The molecule has 0 radical (unpaired) electrons. The molecule has 1 aliphatic carbocycles. The zero-order chi connectivity index (χ0) is 14.2. The molecule has 2 unspecified atom stereocenters. The summed E-state index contributed by atoms with van der Waals surface area (Å²) in [6, 6.07) is 9.61. The summed E-state index contributed by atoms with van der Waals surface area (Å²) in [4.78, 5) is 0. The lowest BCUT2D eigenvalue weighted by Crippen LogP contribution is -2.28. The van der Waals surface area contributed by atoms with Gasteiger partial charge in [0, 0.05) is 12.6 Å². The van der Waals surface area contributed by atoms with E-state index in [-0.39, 0.29) is 0 Å². The Morgan fingerprint density at radius 2 is 1.80 bits per heavy atom. The van der Waals surface area contributed by atoms with Crippen LogP contribution in [0.2, 0.25) is 0 Å². The Kier molecular flexibility index (Phi) is 6.59. The summed E-state index contributed by atoms with van der Waals surface area (Å²) in [6.45, 7) is 5.62. The summed E-state index contributed by atoms with van der Waals surface area (Å²) in [5.41, 5.74) is 2.99. The van der Waals surface area contributed by atoms with Crippen LogP contribution < -0.4 is 5.32 Å². The molecule has 1 aromatic carbocycles. The van der Waals surface area contributed by atoms with Crippen LogP contribution >= 0.6 is 0 Å². The van der Waals surface area contributed by atoms with Gasteiger partial charge in [0.15, 0.2) is 0 Å². The third kappa shape index (κ3) is 4.63. The van der Waals surface area contributed by atoms with Crippen molar-refractivity contribution in [3.8, 4) is 0 Å². The highest BCUT2D eigenvalue weighted by Crippen LogP contribution is 2.27. The van der Waals surface area contributed by atoms with Gasteiger partial charge < -0.3 is 5.32 Å². The average Bonchev–Trinajstić information content (AvgIpc) is 2.71. The van der Waals surface area contributed by atoms with Gasteiger partial charge in [-0.05, 0) is 42.7 Å². The van der Waals surface area contributed by atoms with Gasteiger partial charge >= 0.3 is 0 Å². The van der Waals surface area contributed by atoms with E-state index in [1.165, 1.54) is 56.1 Å². The summed E-state index contributed by atoms with van der Waals surface area (Å²) in [6.07, 6.45) is 11.0. The second-order valence-corrected chi connectivity index (χ2v) is 6.36. The topological polar surface area (TPSA) is 12.0 Å². The molecule has 0 saturated heterocycles. The molecule has 0 bridgehead atoms. The van der Waals surface area contributed by atoms with Gasteiger partial charge in [-0.1, -0.05) is 63.8 Å². The van der Waals surface area contributed by atoms with E-state index < -0.39 is 0 Å². The fourth-order valence-electron chi connectivity index (χ4n) is 3.61. The van der Waals surface area contributed by atoms with E-state index in [0.29, 0.717) is 0 Å². The zero-order valence-electron chi connectivity index (χ0n) is 13.3. The van der Waals surface area contributed by atoms with Crippen LogP contribution in [0.15, 0.2) is 24.3 Å². The molecule has 1 saturated carbocycles. The summed E-state index contributed by atoms with van der Waals surface area (Å²) in [5, 5.41) is 3.82. The first-order valence-electron chi connectivity index (χ1n) is 8.63. The molecule has 1 nitrogen and oxygen atoms in total. The Bertz CT molecular complexity index is 385. The quantitative estimate of drug-likeness (QED) is 0.712. The molecular weight excluding hydrogens is 242 g/mol. The Morgan fingerprint density at radius 1 is 1.00 bits per heavy atom. The maximum absolute atomic E-state index is 3.82. The molecule has 0 spiro atoms. The first-order chi connectivity index (χ1) is 9.83. The first kappa shape index (κ1) is 15.6. The van der Waals surface area contributed by atoms with E-state index in [4.69, 9.17) is 0 Å². The fraction of sp³-hybridized carbons (Fsp3) is 0.684. The van der Waals surface area contributed by atoms with E-state index in [2.05, 4.69) is 43.4 Å². The largest absolute Gasteiger partial charge is 0.310 e. The summed E-state index contributed by atoms with van der Waals surface area (Å²) in [5.74, 6) is 0.995. The van der Waals surface area contributed by atoms with Crippen LogP contribution in [-0.2, 0) is 13.0 Å². The number of aryl methyl sites for hydroxylation is 1. The Labute approximate surface area is 125 Å². The molecule has 0 amide bonds. The lowest BCUT2D eigenvalue weighted by molar-refractivity contribution is 0.409. The smallest absolute Gasteiger partial charge is 0.0210 e.